The zero-order chi connectivity index (χ0) is 26.7. The Hall–Kier alpha value is -3.28. The van der Waals surface area contributed by atoms with Gasteiger partial charge in [-0.15, -0.1) is 0 Å². The molecule has 3 N–H and O–H groups in total. The number of aromatic amines is 1. The van der Waals surface area contributed by atoms with Crippen molar-refractivity contribution >= 4 is 44.4 Å². The fourth-order valence-electron chi connectivity index (χ4n) is 3.23. The van der Waals surface area contributed by atoms with E-state index in [9.17, 15) is 27.2 Å². The van der Waals surface area contributed by atoms with Gasteiger partial charge in [0.15, 0.2) is 0 Å². The van der Waals surface area contributed by atoms with Crippen molar-refractivity contribution in [3.05, 3.63) is 74.8 Å². The first-order valence-electron chi connectivity index (χ1n) is 10.9. The third kappa shape index (κ3) is 6.90. The molecule has 12 heteroatoms. The number of fused-ring (bicyclic) bond motifs is 1. The average Bonchev–Trinajstić information content (AvgIpc) is 2.77. The lowest BCUT2D eigenvalue weighted by atomic mass is 10.1. The first-order valence-corrected chi connectivity index (χ1v) is 12.7. The average molecular weight is 538 g/mol. The molecule has 36 heavy (non-hydrogen) atoms. The minimum Gasteiger partial charge on any atom is -0.460 e. The van der Waals surface area contributed by atoms with Gasteiger partial charge in [0.05, 0.1) is 22.2 Å². The summed E-state index contributed by atoms with van der Waals surface area (Å²) >= 11 is 5.84. The lowest BCUT2D eigenvalue weighted by Crippen LogP contribution is -2.30. The molecule has 0 spiro atoms. The van der Waals surface area contributed by atoms with Crippen LogP contribution in [0.2, 0.25) is 5.02 Å². The van der Waals surface area contributed by atoms with Crippen LogP contribution in [0.1, 0.15) is 43.1 Å². The number of sulfonamides is 1. The zero-order valence-corrected chi connectivity index (χ0v) is 21.3. The molecule has 1 aromatic heterocycles. The topological polar surface area (TPSA) is 134 Å². The van der Waals surface area contributed by atoms with Gasteiger partial charge < -0.3 is 15.0 Å². The van der Waals surface area contributed by atoms with Gasteiger partial charge in [-0.25, -0.2) is 17.5 Å². The summed E-state index contributed by atoms with van der Waals surface area (Å²) in [6.45, 7) is 4.85. The summed E-state index contributed by atoms with van der Waals surface area (Å²) < 4.78 is 47.3. The number of hydrogen-bond donors (Lipinski definition) is 3. The molecule has 2 aromatic carbocycles. The quantitative estimate of drug-likeness (QED) is 0.378. The van der Waals surface area contributed by atoms with Gasteiger partial charge in [-0.2, -0.15) is 0 Å². The number of H-pyrrole nitrogens is 1. The number of benzene rings is 2. The summed E-state index contributed by atoms with van der Waals surface area (Å²) in [5, 5.41) is 2.80. The number of halogens is 2. The number of esters is 1. The van der Waals surface area contributed by atoms with Gasteiger partial charge in [0.25, 0.3) is 5.91 Å². The summed E-state index contributed by atoms with van der Waals surface area (Å²) in [5.41, 5.74) is -1.40. The Bertz CT molecular complexity index is 1460. The molecule has 3 aromatic rings. The van der Waals surface area contributed by atoms with Crippen LogP contribution in [0, 0.1) is 5.82 Å². The highest BCUT2D eigenvalue weighted by molar-refractivity contribution is 7.89. The second kappa shape index (κ2) is 10.8. The molecule has 1 amide bonds. The number of carbonyl (C=O) groups excluding carboxylic acids is 2. The van der Waals surface area contributed by atoms with Gasteiger partial charge in [0, 0.05) is 24.3 Å². The first-order chi connectivity index (χ1) is 16.8. The smallest absolute Gasteiger partial charge is 0.307 e. The SMILES string of the molecule is CC(C)(C)OC(=O)CCNS(=O)(=O)c1cc(F)c2[nH]cc(C(=O)NCc3ccc(Cl)cc3)c(=O)c2c1. The molecule has 0 aliphatic rings. The Morgan fingerprint density at radius 1 is 1.14 bits per heavy atom. The summed E-state index contributed by atoms with van der Waals surface area (Å²) in [5.74, 6) is -2.33. The molecule has 0 radical (unpaired) electrons. The van der Waals surface area contributed by atoms with E-state index in [-0.39, 0.29) is 36.0 Å². The summed E-state index contributed by atoms with van der Waals surface area (Å²) in [4.78, 5) is 39.4. The standard InChI is InChI=1S/C24H25ClFN3O6S/c1-24(2,3)35-20(30)8-9-29-36(33,34)16-10-17-21(19(26)11-16)27-13-18(22(17)31)23(32)28-12-14-4-6-15(25)7-5-14/h4-7,10-11,13,29H,8-9,12H2,1-3H3,(H,27,31)(H,28,32). The number of carbonyl (C=O) groups is 2. The van der Waals surface area contributed by atoms with E-state index in [4.69, 9.17) is 16.3 Å². The monoisotopic (exact) mass is 537 g/mol. The van der Waals surface area contributed by atoms with Crippen LogP contribution in [-0.2, 0) is 26.1 Å². The number of nitrogens with one attached hydrogen (secondary N) is 3. The van der Waals surface area contributed by atoms with Gasteiger partial charge in [0.2, 0.25) is 15.5 Å². The van der Waals surface area contributed by atoms with Crippen molar-refractivity contribution in [3.63, 3.8) is 0 Å². The summed E-state index contributed by atoms with van der Waals surface area (Å²) in [7, 11) is -4.28. The van der Waals surface area contributed by atoms with Gasteiger partial charge in [0.1, 0.15) is 17.0 Å². The Labute approximate surface area is 212 Å². The lowest BCUT2D eigenvalue weighted by molar-refractivity contribution is -0.154. The molecule has 192 valence electrons. The van der Waals surface area contributed by atoms with E-state index in [0.717, 1.165) is 23.9 Å². The maximum absolute atomic E-state index is 14.7. The number of hydrogen-bond acceptors (Lipinski definition) is 6. The van der Waals surface area contributed by atoms with Crippen molar-refractivity contribution in [1.29, 1.82) is 0 Å². The normalized spacial score (nSPS) is 11.9. The molecule has 0 unspecified atom stereocenters. The minimum absolute atomic E-state index is 0.109. The Balaban J connectivity index is 1.81. The van der Waals surface area contributed by atoms with Crippen molar-refractivity contribution in [3.8, 4) is 0 Å². The predicted octanol–water partition coefficient (Wildman–Crippen LogP) is 3.26. The molecule has 0 fully saturated rings. The third-order valence-corrected chi connectivity index (χ3v) is 6.57. The molecule has 0 saturated carbocycles. The minimum atomic E-state index is -4.28. The highest BCUT2D eigenvalue weighted by Gasteiger charge is 2.22. The fraction of sp³-hybridized carbons (Fsp3) is 0.292. The largest absolute Gasteiger partial charge is 0.460 e. The number of amides is 1. The van der Waals surface area contributed by atoms with Crippen LogP contribution in [0.3, 0.4) is 0 Å². The van der Waals surface area contributed by atoms with Crippen molar-refractivity contribution in [1.82, 2.24) is 15.0 Å². The van der Waals surface area contributed by atoms with Crippen molar-refractivity contribution < 1.29 is 27.1 Å². The Kier molecular flexibility index (Phi) is 8.17. The van der Waals surface area contributed by atoms with Gasteiger partial charge >= 0.3 is 5.97 Å². The van der Waals surface area contributed by atoms with E-state index >= 15 is 0 Å². The van der Waals surface area contributed by atoms with E-state index in [1.807, 2.05) is 0 Å². The highest BCUT2D eigenvalue weighted by Crippen LogP contribution is 2.20. The van der Waals surface area contributed by atoms with Crippen LogP contribution in [0.5, 0.6) is 0 Å². The molecular formula is C24H25ClFN3O6S. The Morgan fingerprint density at radius 3 is 2.44 bits per heavy atom. The molecule has 1 heterocycles. The van der Waals surface area contributed by atoms with Crippen LogP contribution in [0.4, 0.5) is 4.39 Å². The molecule has 0 bridgehead atoms. The molecule has 0 atom stereocenters. The van der Waals surface area contributed by atoms with E-state index < -0.39 is 43.6 Å². The van der Waals surface area contributed by atoms with Gasteiger partial charge in [-0.05, 0) is 50.6 Å². The predicted molar refractivity (Wildman–Crippen MR) is 133 cm³/mol. The van der Waals surface area contributed by atoms with Gasteiger partial charge in [-0.1, -0.05) is 23.7 Å². The number of pyridine rings is 1. The second-order valence-electron chi connectivity index (χ2n) is 8.90. The van der Waals surface area contributed by atoms with Crippen molar-refractivity contribution in [2.75, 3.05) is 6.54 Å². The van der Waals surface area contributed by atoms with Crippen LogP contribution in [-0.4, -0.2) is 37.4 Å². The second-order valence-corrected chi connectivity index (χ2v) is 11.1. The zero-order valence-electron chi connectivity index (χ0n) is 19.8. The van der Waals surface area contributed by atoms with E-state index in [2.05, 4.69) is 15.0 Å². The van der Waals surface area contributed by atoms with Crippen LogP contribution in [0.15, 0.2) is 52.3 Å². The summed E-state index contributed by atoms with van der Waals surface area (Å²) in [6.07, 6.45) is 0.823. The molecule has 0 aliphatic carbocycles. The molecule has 0 aliphatic heterocycles. The molecular weight excluding hydrogens is 513 g/mol. The molecule has 3 rings (SSSR count). The number of rotatable bonds is 8. The van der Waals surface area contributed by atoms with Crippen molar-refractivity contribution in [2.45, 2.75) is 44.2 Å². The van der Waals surface area contributed by atoms with E-state index in [0.29, 0.717) is 5.02 Å². The third-order valence-electron chi connectivity index (χ3n) is 4.88. The number of ether oxygens (including phenoxy) is 1. The van der Waals surface area contributed by atoms with E-state index in [1.54, 1.807) is 45.0 Å². The van der Waals surface area contributed by atoms with Gasteiger partial charge in [-0.3, -0.25) is 14.4 Å². The van der Waals surface area contributed by atoms with Crippen LogP contribution >= 0.6 is 11.6 Å². The Morgan fingerprint density at radius 2 is 1.81 bits per heavy atom. The van der Waals surface area contributed by atoms with Crippen LogP contribution < -0.4 is 15.5 Å². The molecule has 9 nitrogen and oxygen atoms in total. The number of aromatic nitrogens is 1. The van der Waals surface area contributed by atoms with Crippen molar-refractivity contribution in [2.24, 2.45) is 0 Å². The lowest BCUT2D eigenvalue weighted by Gasteiger charge is -2.19. The van der Waals surface area contributed by atoms with Crippen LogP contribution in [0.25, 0.3) is 10.9 Å². The van der Waals surface area contributed by atoms with E-state index in [1.165, 1.54) is 0 Å². The molecule has 0 saturated heterocycles. The first kappa shape index (κ1) is 27.3. The fourth-order valence-corrected chi connectivity index (χ4v) is 4.42. The maximum Gasteiger partial charge on any atom is 0.307 e. The highest BCUT2D eigenvalue weighted by atomic mass is 35.5. The summed E-state index contributed by atoms with van der Waals surface area (Å²) in [6, 6.07) is 8.43. The maximum atomic E-state index is 14.7.